The quantitative estimate of drug-likeness (QED) is 0.844. The second-order valence-corrected chi connectivity index (χ2v) is 5.91. The van der Waals surface area contributed by atoms with Crippen molar-refractivity contribution in [2.24, 2.45) is 11.8 Å². The van der Waals surface area contributed by atoms with Crippen LogP contribution in [0.1, 0.15) is 51.8 Å². The average molecular weight is 250 g/mol. The van der Waals surface area contributed by atoms with E-state index < -0.39 is 0 Å². The van der Waals surface area contributed by atoms with Gasteiger partial charge in [0.15, 0.2) is 5.82 Å². The van der Waals surface area contributed by atoms with Crippen molar-refractivity contribution in [1.82, 2.24) is 20.1 Å². The van der Waals surface area contributed by atoms with E-state index in [1.807, 2.05) is 11.0 Å². The molecule has 1 saturated carbocycles. The van der Waals surface area contributed by atoms with Crippen molar-refractivity contribution in [2.75, 3.05) is 6.54 Å². The van der Waals surface area contributed by atoms with Crippen LogP contribution in [0.25, 0.3) is 0 Å². The van der Waals surface area contributed by atoms with Crippen LogP contribution in [-0.2, 0) is 13.1 Å². The van der Waals surface area contributed by atoms with E-state index in [-0.39, 0.29) is 0 Å². The molecule has 0 aliphatic heterocycles. The first-order chi connectivity index (χ1) is 8.74. The van der Waals surface area contributed by atoms with Gasteiger partial charge in [-0.1, -0.05) is 33.1 Å². The molecule has 1 fully saturated rings. The van der Waals surface area contributed by atoms with E-state index in [0.717, 1.165) is 31.4 Å². The molecule has 1 aromatic heterocycles. The van der Waals surface area contributed by atoms with Crippen LogP contribution in [0, 0.1) is 11.8 Å². The van der Waals surface area contributed by atoms with Crippen LogP contribution in [-0.4, -0.2) is 21.3 Å². The summed E-state index contributed by atoms with van der Waals surface area (Å²) in [5, 5.41) is 7.92. The lowest BCUT2D eigenvalue weighted by atomic mass is 9.89. The summed E-state index contributed by atoms with van der Waals surface area (Å²) in [6, 6.07) is 0. The van der Waals surface area contributed by atoms with Gasteiger partial charge in [-0.25, -0.2) is 4.98 Å². The average Bonchev–Trinajstić information content (AvgIpc) is 2.78. The molecule has 0 radical (unpaired) electrons. The van der Waals surface area contributed by atoms with E-state index >= 15 is 0 Å². The lowest BCUT2D eigenvalue weighted by molar-refractivity contribution is 0.307. The zero-order valence-electron chi connectivity index (χ0n) is 11.7. The lowest BCUT2D eigenvalue weighted by Crippen LogP contribution is -2.20. The van der Waals surface area contributed by atoms with Gasteiger partial charge in [-0.05, 0) is 31.2 Å². The van der Waals surface area contributed by atoms with E-state index in [9.17, 15) is 0 Å². The molecule has 1 aliphatic carbocycles. The summed E-state index contributed by atoms with van der Waals surface area (Å²) in [5.41, 5.74) is 0. The van der Waals surface area contributed by atoms with E-state index in [2.05, 4.69) is 29.2 Å². The smallest absolute Gasteiger partial charge is 0.164 e. The van der Waals surface area contributed by atoms with Gasteiger partial charge in [0.1, 0.15) is 6.33 Å². The maximum atomic E-state index is 4.54. The minimum atomic E-state index is 0.675. The molecule has 0 bridgehead atoms. The highest BCUT2D eigenvalue weighted by atomic mass is 15.3. The number of nitrogens with one attached hydrogen (secondary N) is 1. The van der Waals surface area contributed by atoms with Gasteiger partial charge < -0.3 is 5.32 Å². The summed E-state index contributed by atoms with van der Waals surface area (Å²) < 4.78 is 2.03. The van der Waals surface area contributed by atoms with Crippen molar-refractivity contribution >= 4 is 0 Å². The Labute approximate surface area is 110 Å². The predicted molar refractivity (Wildman–Crippen MR) is 73.1 cm³/mol. The van der Waals surface area contributed by atoms with Gasteiger partial charge in [-0.15, -0.1) is 0 Å². The molecule has 102 valence electrons. The molecule has 0 saturated heterocycles. The number of aromatic nitrogens is 3. The number of nitrogens with zero attached hydrogens (tertiary/aromatic N) is 3. The van der Waals surface area contributed by atoms with Crippen LogP contribution < -0.4 is 5.32 Å². The van der Waals surface area contributed by atoms with Crippen molar-refractivity contribution in [3.8, 4) is 0 Å². The molecule has 1 N–H and O–H groups in total. The molecule has 18 heavy (non-hydrogen) atoms. The minimum Gasteiger partial charge on any atom is -0.310 e. The summed E-state index contributed by atoms with van der Waals surface area (Å²) in [7, 11) is 0. The molecule has 4 nitrogen and oxygen atoms in total. The van der Waals surface area contributed by atoms with Crippen LogP contribution in [0.4, 0.5) is 0 Å². The zero-order chi connectivity index (χ0) is 12.8. The largest absolute Gasteiger partial charge is 0.310 e. The summed E-state index contributed by atoms with van der Waals surface area (Å²) in [4.78, 5) is 4.37. The lowest BCUT2D eigenvalue weighted by Gasteiger charge is -2.20. The fourth-order valence-corrected chi connectivity index (χ4v) is 2.61. The molecule has 0 unspecified atom stereocenters. The third-order valence-electron chi connectivity index (χ3n) is 3.59. The van der Waals surface area contributed by atoms with Crippen LogP contribution in [0.5, 0.6) is 0 Å². The Morgan fingerprint density at radius 2 is 2.11 bits per heavy atom. The molecule has 2 rings (SSSR count). The summed E-state index contributed by atoms with van der Waals surface area (Å²) >= 11 is 0. The summed E-state index contributed by atoms with van der Waals surface area (Å²) in [5.74, 6) is 2.41. The second-order valence-electron chi connectivity index (χ2n) is 5.91. The monoisotopic (exact) mass is 250 g/mol. The molecule has 0 spiro atoms. The van der Waals surface area contributed by atoms with E-state index in [4.69, 9.17) is 0 Å². The Bertz CT molecular complexity index is 339. The van der Waals surface area contributed by atoms with Crippen LogP contribution >= 0.6 is 0 Å². The van der Waals surface area contributed by atoms with Gasteiger partial charge >= 0.3 is 0 Å². The molecule has 1 heterocycles. The van der Waals surface area contributed by atoms with Crippen LogP contribution in [0.2, 0.25) is 0 Å². The number of rotatable bonds is 6. The first-order valence-corrected chi connectivity index (χ1v) is 7.33. The summed E-state index contributed by atoms with van der Waals surface area (Å²) in [6.07, 6.45) is 8.81. The molecular formula is C14H26N4. The van der Waals surface area contributed by atoms with Crippen molar-refractivity contribution in [1.29, 1.82) is 0 Å². The Balaban J connectivity index is 1.74. The maximum absolute atomic E-state index is 4.54. The Hall–Kier alpha value is -0.900. The highest BCUT2D eigenvalue weighted by molar-refractivity contribution is 4.81. The Morgan fingerprint density at radius 3 is 2.83 bits per heavy atom. The molecule has 0 aromatic carbocycles. The van der Waals surface area contributed by atoms with Crippen molar-refractivity contribution in [2.45, 2.75) is 59.0 Å². The number of hydrogen-bond donors (Lipinski definition) is 1. The maximum Gasteiger partial charge on any atom is 0.164 e. The van der Waals surface area contributed by atoms with E-state index in [1.54, 1.807) is 0 Å². The van der Waals surface area contributed by atoms with Gasteiger partial charge in [-0.2, -0.15) is 5.10 Å². The third-order valence-corrected chi connectivity index (χ3v) is 3.59. The van der Waals surface area contributed by atoms with Gasteiger partial charge in [0.25, 0.3) is 0 Å². The van der Waals surface area contributed by atoms with Gasteiger partial charge in [0.2, 0.25) is 0 Å². The van der Waals surface area contributed by atoms with Gasteiger partial charge in [0, 0.05) is 6.54 Å². The van der Waals surface area contributed by atoms with Crippen LogP contribution in [0.3, 0.4) is 0 Å². The standard InChI is InChI=1S/C14H26N4/c1-12(2)8-15-9-14-16-11-18(17-14)10-13-6-4-3-5-7-13/h11-13,15H,3-10H2,1-2H3. The highest BCUT2D eigenvalue weighted by Gasteiger charge is 2.14. The molecular weight excluding hydrogens is 224 g/mol. The minimum absolute atomic E-state index is 0.675. The van der Waals surface area contributed by atoms with Crippen molar-refractivity contribution in [3.63, 3.8) is 0 Å². The van der Waals surface area contributed by atoms with Crippen LogP contribution in [0.15, 0.2) is 6.33 Å². The summed E-state index contributed by atoms with van der Waals surface area (Å²) in [6.45, 7) is 7.29. The van der Waals surface area contributed by atoms with Crippen molar-refractivity contribution in [3.05, 3.63) is 12.2 Å². The van der Waals surface area contributed by atoms with Gasteiger partial charge in [0.05, 0.1) is 6.54 Å². The van der Waals surface area contributed by atoms with Gasteiger partial charge in [-0.3, -0.25) is 4.68 Å². The predicted octanol–water partition coefficient (Wildman–Crippen LogP) is 2.60. The zero-order valence-corrected chi connectivity index (χ0v) is 11.7. The number of hydrogen-bond acceptors (Lipinski definition) is 3. The van der Waals surface area contributed by atoms with E-state index in [0.29, 0.717) is 5.92 Å². The Morgan fingerprint density at radius 1 is 1.33 bits per heavy atom. The SMILES string of the molecule is CC(C)CNCc1ncn(CC2CCCCC2)n1. The molecule has 1 aliphatic rings. The molecule has 4 heteroatoms. The highest BCUT2D eigenvalue weighted by Crippen LogP contribution is 2.24. The Kier molecular flexibility index (Phi) is 5.17. The normalized spacial score (nSPS) is 17.5. The second kappa shape index (κ2) is 6.88. The molecule has 1 aromatic rings. The third kappa shape index (κ3) is 4.41. The van der Waals surface area contributed by atoms with E-state index in [1.165, 1.54) is 32.1 Å². The molecule has 0 amide bonds. The topological polar surface area (TPSA) is 42.7 Å². The van der Waals surface area contributed by atoms with Crippen molar-refractivity contribution < 1.29 is 0 Å². The molecule has 0 atom stereocenters. The fraction of sp³-hybridized carbons (Fsp3) is 0.857. The fourth-order valence-electron chi connectivity index (χ4n) is 2.61. The first kappa shape index (κ1) is 13.5. The first-order valence-electron chi connectivity index (χ1n) is 7.33.